The number of nitro benzene ring substituents is 1. The van der Waals surface area contributed by atoms with Crippen molar-refractivity contribution in [3.63, 3.8) is 0 Å². The number of fused-ring (bicyclic) bond motifs is 2. The topological polar surface area (TPSA) is 160 Å². The Hall–Kier alpha value is -6.29. The molecule has 9 rings (SSSR count). The van der Waals surface area contributed by atoms with Gasteiger partial charge in [-0.1, -0.05) is 61.4 Å². The Kier molecular flexibility index (Phi) is 12.1. The highest BCUT2D eigenvalue weighted by atomic mass is 35.5. The van der Waals surface area contributed by atoms with E-state index in [0.717, 1.165) is 61.1 Å². The number of nitro groups is 1. The lowest BCUT2D eigenvalue weighted by atomic mass is 9.72. The van der Waals surface area contributed by atoms with Crippen molar-refractivity contribution >= 4 is 55.5 Å². The first-order chi connectivity index (χ1) is 31.2. The highest BCUT2D eigenvalue weighted by Crippen LogP contribution is 2.44. The molecule has 13 nitrogen and oxygen atoms in total. The number of anilines is 1. The number of aromatic nitrogens is 2. The number of nitrogens with one attached hydrogen (secondary N) is 2. The number of aromatic amines is 1. The lowest BCUT2D eigenvalue weighted by molar-refractivity contribution is -0.386. The molecule has 0 bridgehead atoms. The van der Waals surface area contributed by atoms with Crippen molar-refractivity contribution in [3.8, 4) is 17.2 Å². The highest BCUT2D eigenvalue weighted by molar-refractivity contribution is 7.90. The molecule has 0 unspecified atom stereocenters. The number of amides is 1. The van der Waals surface area contributed by atoms with Crippen LogP contribution in [0.2, 0.25) is 5.02 Å². The minimum atomic E-state index is -4.69. The number of benzene rings is 4. The van der Waals surface area contributed by atoms with E-state index < -0.39 is 31.4 Å². The average molecular weight is 919 g/mol. The summed E-state index contributed by atoms with van der Waals surface area (Å²) in [7, 11) is -4.69. The number of halogens is 2. The van der Waals surface area contributed by atoms with E-state index in [0.29, 0.717) is 30.0 Å². The summed E-state index contributed by atoms with van der Waals surface area (Å²) in [5.41, 5.74) is 5.81. The van der Waals surface area contributed by atoms with Gasteiger partial charge in [-0.2, -0.15) is 0 Å². The molecule has 16 heteroatoms. The number of pyridine rings is 1. The van der Waals surface area contributed by atoms with Gasteiger partial charge in [0.05, 0.1) is 33.7 Å². The Morgan fingerprint density at radius 2 is 1.83 bits per heavy atom. The lowest BCUT2D eigenvalue weighted by Crippen LogP contribution is -2.47. The summed E-state index contributed by atoms with van der Waals surface area (Å²) in [6.07, 6.45) is 6.85. The number of nitrogens with zero attached hydrogens (tertiary/aromatic N) is 4. The molecule has 0 radical (unpaired) electrons. The van der Waals surface area contributed by atoms with Crippen LogP contribution in [0.3, 0.4) is 0 Å². The number of piperazine rings is 1. The van der Waals surface area contributed by atoms with Gasteiger partial charge in [0.2, 0.25) is 0 Å². The number of carbonyl (C=O) groups excluding carboxylic acids is 1. The van der Waals surface area contributed by atoms with Crippen molar-refractivity contribution in [1.82, 2.24) is 19.6 Å². The van der Waals surface area contributed by atoms with Crippen LogP contribution < -0.4 is 19.1 Å². The third-order valence-electron chi connectivity index (χ3n) is 12.7. The van der Waals surface area contributed by atoms with Crippen molar-refractivity contribution in [2.24, 2.45) is 11.3 Å². The van der Waals surface area contributed by atoms with Crippen molar-refractivity contribution < 1.29 is 32.0 Å². The zero-order valence-corrected chi connectivity index (χ0v) is 37.6. The van der Waals surface area contributed by atoms with Crippen LogP contribution in [0, 0.1) is 27.3 Å². The third-order valence-corrected chi connectivity index (χ3v) is 14.2. The van der Waals surface area contributed by atoms with E-state index in [4.69, 9.17) is 21.1 Å². The second-order valence-electron chi connectivity index (χ2n) is 17.8. The molecule has 2 N–H and O–H groups in total. The van der Waals surface area contributed by atoms with Crippen molar-refractivity contribution in [2.45, 2.75) is 50.8 Å². The summed E-state index contributed by atoms with van der Waals surface area (Å²) in [4.78, 5) is 37.3. The molecular weight excluding hydrogens is 871 g/mol. The summed E-state index contributed by atoms with van der Waals surface area (Å²) in [5.74, 6) is -1.25. The predicted molar refractivity (Wildman–Crippen MR) is 248 cm³/mol. The van der Waals surface area contributed by atoms with Crippen LogP contribution in [0.15, 0.2) is 114 Å². The Morgan fingerprint density at radius 1 is 1.05 bits per heavy atom. The van der Waals surface area contributed by atoms with Crippen LogP contribution in [-0.4, -0.2) is 73.4 Å². The highest BCUT2D eigenvalue weighted by Gasteiger charge is 2.34. The molecule has 0 spiro atoms. The lowest BCUT2D eigenvalue weighted by Gasteiger charge is -2.39. The molecule has 1 amide bonds. The minimum absolute atomic E-state index is 0.0133. The Labute approximate surface area is 381 Å². The maximum Gasteiger partial charge on any atom is 0.277 e. The Morgan fingerprint density at radius 3 is 2.60 bits per heavy atom. The van der Waals surface area contributed by atoms with E-state index in [1.807, 2.05) is 18.2 Å². The number of allylic oxidation sites excluding steroid dienone is 1. The van der Waals surface area contributed by atoms with Gasteiger partial charge in [0.25, 0.3) is 21.6 Å². The maximum atomic E-state index is 14.4. The van der Waals surface area contributed by atoms with Gasteiger partial charge in [-0.25, -0.2) is 22.5 Å². The summed E-state index contributed by atoms with van der Waals surface area (Å²) >= 11 is 6.24. The molecule has 6 aromatic rings. The molecule has 0 saturated carbocycles. The van der Waals surface area contributed by atoms with Crippen LogP contribution >= 0.6 is 11.6 Å². The largest absolute Gasteiger partial charge is 0.493 e. The number of hydrogen-bond acceptors (Lipinski definition) is 10. The molecule has 3 aliphatic rings. The SMILES string of the molecule is CC1(C)CCC(CN2CCN(c3ccc(C(=O)NS(=O)(=O)c4cc5c(c([N+](=O)[O-])c4)C[C@H](Cc4ccccc4F)CO5)c(Oc4cnc5[nH]ccc5c4)c3)CC2)=C(c2ccc(Cl)cc2)C1. The first-order valence-electron chi connectivity index (χ1n) is 21.6. The number of sulfonamides is 1. The van der Waals surface area contributed by atoms with Gasteiger partial charge in [0.15, 0.2) is 0 Å². The predicted octanol–water partition coefficient (Wildman–Crippen LogP) is 9.75. The van der Waals surface area contributed by atoms with E-state index in [1.54, 1.807) is 42.6 Å². The van der Waals surface area contributed by atoms with Gasteiger partial charge in [0, 0.05) is 79.1 Å². The molecule has 1 fully saturated rings. The van der Waals surface area contributed by atoms with Crippen molar-refractivity contribution in [1.29, 1.82) is 0 Å². The second kappa shape index (κ2) is 17.9. The van der Waals surface area contributed by atoms with Crippen LogP contribution in [0.25, 0.3) is 16.6 Å². The number of hydrogen-bond donors (Lipinski definition) is 2. The molecule has 1 atom stereocenters. The summed E-state index contributed by atoms with van der Waals surface area (Å²) in [6.45, 7) is 8.61. The Bertz CT molecular complexity index is 2950. The molecule has 2 aliphatic heterocycles. The summed E-state index contributed by atoms with van der Waals surface area (Å²) in [5, 5.41) is 13.8. The summed E-state index contributed by atoms with van der Waals surface area (Å²) < 4.78 is 56.6. The zero-order valence-electron chi connectivity index (χ0n) is 36.0. The van der Waals surface area contributed by atoms with Gasteiger partial charge < -0.3 is 19.4 Å². The first kappa shape index (κ1) is 43.9. The van der Waals surface area contributed by atoms with Gasteiger partial charge >= 0.3 is 0 Å². The Balaban J connectivity index is 0.945. The quantitative estimate of drug-likeness (QED) is 0.0894. The normalized spacial score (nSPS) is 17.7. The zero-order chi connectivity index (χ0) is 45.5. The fourth-order valence-electron chi connectivity index (χ4n) is 9.14. The standard InChI is InChI=1S/C49H48ClFN6O7S/c1-49(2)15-13-35(42(27-49)32-7-9-36(50)10-8-32)29-55-17-19-56(20-18-55)37-11-12-40(46(24-37)64-38-23-34-14-16-52-47(34)53-28-38)48(58)54-65(61,62)39-25-44(57(59)60)41-22-31(30-63-45(41)26-39)21-33-5-3-4-6-43(33)51/h3-12,14,16,23-26,28,31H,13,15,17-22,27,29-30H2,1-2H3,(H,52,53)(H,54,58)/t31-/m0/s1. The smallest absolute Gasteiger partial charge is 0.277 e. The fourth-order valence-corrected chi connectivity index (χ4v) is 10.3. The van der Waals surface area contributed by atoms with E-state index in [1.165, 1.54) is 41.1 Å². The van der Waals surface area contributed by atoms with Gasteiger partial charge in [-0.15, -0.1) is 0 Å². The van der Waals surface area contributed by atoms with E-state index >= 15 is 0 Å². The fraction of sp³-hybridized carbons (Fsp3) is 0.306. The molecule has 1 saturated heterocycles. The third kappa shape index (κ3) is 9.73. The number of carbonyl (C=O) groups is 1. The van der Waals surface area contributed by atoms with E-state index in [2.05, 4.69) is 50.5 Å². The summed E-state index contributed by atoms with van der Waals surface area (Å²) in [6, 6.07) is 25.1. The van der Waals surface area contributed by atoms with Crippen LogP contribution in [0.1, 0.15) is 60.2 Å². The second-order valence-corrected chi connectivity index (χ2v) is 20.0. The minimum Gasteiger partial charge on any atom is -0.493 e. The van der Waals surface area contributed by atoms with Gasteiger partial charge in [-0.05, 0) is 96.7 Å². The van der Waals surface area contributed by atoms with E-state index in [-0.39, 0.29) is 59.2 Å². The average Bonchev–Trinajstić information content (AvgIpc) is 3.76. The number of H-pyrrole nitrogens is 1. The van der Waals surface area contributed by atoms with Crippen molar-refractivity contribution in [2.75, 3.05) is 44.2 Å². The number of ether oxygens (including phenoxy) is 2. The molecule has 65 heavy (non-hydrogen) atoms. The van der Waals surface area contributed by atoms with Crippen LogP contribution in [0.4, 0.5) is 15.8 Å². The van der Waals surface area contributed by atoms with Crippen LogP contribution in [-0.2, 0) is 22.9 Å². The molecule has 4 heterocycles. The molecule has 4 aromatic carbocycles. The van der Waals surface area contributed by atoms with Crippen LogP contribution in [0.5, 0.6) is 17.2 Å². The molecular formula is C49H48ClFN6O7S. The number of rotatable bonds is 12. The maximum absolute atomic E-state index is 14.4. The molecule has 336 valence electrons. The van der Waals surface area contributed by atoms with Gasteiger partial charge in [-0.3, -0.25) is 19.8 Å². The molecule has 1 aliphatic carbocycles. The first-order valence-corrected chi connectivity index (χ1v) is 23.5. The van der Waals surface area contributed by atoms with Crippen molar-refractivity contribution in [3.05, 3.63) is 152 Å². The van der Waals surface area contributed by atoms with E-state index in [9.17, 15) is 27.7 Å². The monoisotopic (exact) mass is 918 g/mol. The molecule has 2 aromatic heterocycles. The van der Waals surface area contributed by atoms with Gasteiger partial charge in [0.1, 0.15) is 28.7 Å².